The van der Waals surface area contributed by atoms with Gasteiger partial charge in [-0.15, -0.1) is 0 Å². The van der Waals surface area contributed by atoms with Crippen LogP contribution in [0.4, 0.5) is 0 Å². The minimum atomic E-state index is -0.581. The van der Waals surface area contributed by atoms with E-state index in [9.17, 15) is 4.79 Å². The van der Waals surface area contributed by atoms with Gasteiger partial charge in [-0.05, 0) is 26.2 Å². The van der Waals surface area contributed by atoms with E-state index in [-0.39, 0.29) is 12.6 Å². The average molecular weight is 314 g/mol. The lowest BCUT2D eigenvalue weighted by atomic mass is 10.0. The molecule has 0 radical (unpaired) electrons. The second kappa shape index (κ2) is 11.9. The summed E-state index contributed by atoms with van der Waals surface area (Å²) in [4.78, 5) is 11.4. The first-order valence-corrected chi connectivity index (χ1v) is 9.12. The summed E-state index contributed by atoms with van der Waals surface area (Å²) in [6.45, 7) is 3.96. The molecule has 1 aliphatic heterocycles. The number of esters is 1. The van der Waals surface area contributed by atoms with Gasteiger partial charge in [-0.25, -0.2) is 0 Å². The monoisotopic (exact) mass is 314 g/mol. The lowest BCUT2D eigenvalue weighted by molar-refractivity contribution is -0.146. The fourth-order valence-electron chi connectivity index (χ4n) is 2.72. The molecule has 1 aliphatic rings. The Bertz CT molecular complexity index is 291. The Morgan fingerprint density at radius 2 is 1.64 bits per heavy atom. The first kappa shape index (κ1) is 19.4. The maximum Gasteiger partial charge on any atom is 0.305 e. The van der Waals surface area contributed by atoms with Crippen molar-refractivity contribution in [2.75, 3.05) is 6.61 Å². The lowest BCUT2D eigenvalue weighted by Crippen LogP contribution is -2.15. The zero-order valence-corrected chi connectivity index (χ0v) is 14.4. The molecule has 0 spiro atoms. The van der Waals surface area contributed by atoms with E-state index in [1.807, 2.05) is 0 Å². The molecule has 4 nitrogen and oxygen atoms in total. The van der Waals surface area contributed by atoms with Gasteiger partial charge in [0.1, 0.15) is 6.61 Å². The molecule has 130 valence electrons. The Morgan fingerprint density at radius 3 is 2.27 bits per heavy atom. The quantitative estimate of drug-likeness (QED) is 0.299. The molecule has 3 unspecified atom stereocenters. The third kappa shape index (κ3) is 10.2. The van der Waals surface area contributed by atoms with Crippen molar-refractivity contribution in [2.24, 2.45) is 0 Å². The Morgan fingerprint density at radius 1 is 1.05 bits per heavy atom. The number of ether oxygens (including phenoxy) is 2. The molecule has 3 atom stereocenters. The SMILES string of the molecule is CCCCCCCCCC1OC1CCCC(=O)OCC(C)O. The molecule has 1 saturated heterocycles. The predicted octanol–water partition coefficient (Wildman–Crippen LogP) is 3.99. The Labute approximate surface area is 135 Å². The van der Waals surface area contributed by atoms with Gasteiger partial charge in [0.05, 0.1) is 18.3 Å². The van der Waals surface area contributed by atoms with Crippen LogP contribution in [0.15, 0.2) is 0 Å². The highest BCUT2D eigenvalue weighted by atomic mass is 16.6. The van der Waals surface area contributed by atoms with Gasteiger partial charge in [-0.2, -0.15) is 0 Å². The summed E-state index contributed by atoms with van der Waals surface area (Å²) < 4.78 is 10.6. The zero-order valence-electron chi connectivity index (χ0n) is 14.4. The van der Waals surface area contributed by atoms with Gasteiger partial charge in [0, 0.05) is 6.42 Å². The summed E-state index contributed by atoms with van der Waals surface area (Å²) in [5, 5.41) is 9.03. The summed E-state index contributed by atoms with van der Waals surface area (Å²) in [5.41, 5.74) is 0. The number of aliphatic hydroxyl groups excluding tert-OH is 1. The predicted molar refractivity (Wildman–Crippen MR) is 87.8 cm³/mol. The van der Waals surface area contributed by atoms with E-state index in [4.69, 9.17) is 14.6 Å². The number of unbranched alkanes of at least 4 members (excludes halogenated alkanes) is 6. The van der Waals surface area contributed by atoms with E-state index >= 15 is 0 Å². The van der Waals surface area contributed by atoms with Gasteiger partial charge in [-0.1, -0.05) is 51.9 Å². The van der Waals surface area contributed by atoms with Crippen LogP contribution in [0.3, 0.4) is 0 Å². The molecule has 0 saturated carbocycles. The third-order valence-electron chi connectivity index (χ3n) is 4.13. The fourth-order valence-corrected chi connectivity index (χ4v) is 2.72. The molecule has 1 N–H and O–H groups in total. The van der Waals surface area contributed by atoms with Crippen LogP contribution in [0, 0.1) is 0 Å². The van der Waals surface area contributed by atoms with Crippen molar-refractivity contribution in [1.29, 1.82) is 0 Å². The van der Waals surface area contributed by atoms with Crippen molar-refractivity contribution in [3.05, 3.63) is 0 Å². The number of epoxide rings is 1. The van der Waals surface area contributed by atoms with Crippen LogP contribution in [0.1, 0.15) is 84.5 Å². The summed E-state index contributed by atoms with van der Waals surface area (Å²) >= 11 is 0. The standard InChI is InChI=1S/C18H34O4/c1-3-4-5-6-7-8-9-11-16-17(22-16)12-10-13-18(20)21-14-15(2)19/h15-17,19H,3-14H2,1-2H3. The highest BCUT2D eigenvalue weighted by Gasteiger charge is 2.37. The van der Waals surface area contributed by atoms with E-state index in [0.717, 1.165) is 12.8 Å². The van der Waals surface area contributed by atoms with Gasteiger partial charge < -0.3 is 14.6 Å². The van der Waals surface area contributed by atoms with Crippen molar-refractivity contribution >= 4 is 5.97 Å². The minimum Gasteiger partial charge on any atom is -0.463 e. The van der Waals surface area contributed by atoms with E-state index in [1.165, 1.54) is 51.4 Å². The molecule has 0 amide bonds. The van der Waals surface area contributed by atoms with E-state index in [0.29, 0.717) is 18.6 Å². The van der Waals surface area contributed by atoms with Crippen LogP contribution in [-0.4, -0.2) is 36.0 Å². The highest BCUT2D eigenvalue weighted by Crippen LogP contribution is 2.31. The van der Waals surface area contributed by atoms with Crippen molar-refractivity contribution in [1.82, 2.24) is 0 Å². The van der Waals surface area contributed by atoms with Crippen molar-refractivity contribution < 1.29 is 19.4 Å². The number of carbonyl (C=O) groups excluding carboxylic acids is 1. The Balaban J connectivity index is 1.85. The smallest absolute Gasteiger partial charge is 0.305 e. The van der Waals surface area contributed by atoms with Gasteiger partial charge >= 0.3 is 5.97 Å². The molecule has 0 aliphatic carbocycles. The largest absolute Gasteiger partial charge is 0.463 e. The van der Waals surface area contributed by atoms with E-state index in [2.05, 4.69) is 6.92 Å². The molecule has 22 heavy (non-hydrogen) atoms. The van der Waals surface area contributed by atoms with Crippen LogP contribution in [0.2, 0.25) is 0 Å². The number of rotatable bonds is 14. The van der Waals surface area contributed by atoms with Crippen molar-refractivity contribution in [3.8, 4) is 0 Å². The Hall–Kier alpha value is -0.610. The van der Waals surface area contributed by atoms with Crippen LogP contribution in [-0.2, 0) is 14.3 Å². The number of aliphatic hydroxyl groups is 1. The molecule has 0 aromatic carbocycles. The summed E-state index contributed by atoms with van der Waals surface area (Å²) in [6, 6.07) is 0. The second-order valence-electron chi connectivity index (χ2n) is 6.55. The number of hydrogen-bond acceptors (Lipinski definition) is 4. The van der Waals surface area contributed by atoms with E-state index in [1.54, 1.807) is 6.92 Å². The third-order valence-corrected chi connectivity index (χ3v) is 4.13. The van der Waals surface area contributed by atoms with Crippen molar-refractivity contribution in [2.45, 2.75) is 103 Å². The topological polar surface area (TPSA) is 59.1 Å². The lowest BCUT2D eigenvalue weighted by Gasteiger charge is -2.05. The summed E-state index contributed by atoms with van der Waals surface area (Å²) in [6.07, 6.45) is 13.0. The maximum atomic E-state index is 11.4. The van der Waals surface area contributed by atoms with Crippen LogP contribution in [0.5, 0.6) is 0 Å². The Kier molecular flexibility index (Phi) is 10.5. The van der Waals surface area contributed by atoms with Gasteiger partial charge in [0.2, 0.25) is 0 Å². The number of carbonyl (C=O) groups is 1. The molecule has 1 heterocycles. The fraction of sp³-hybridized carbons (Fsp3) is 0.944. The van der Waals surface area contributed by atoms with Crippen molar-refractivity contribution in [3.63, 3.8) is 0 Å². The molecular formula is C18H34O4. The molecule has 1 fully saturated rings. The van der Waals surface area contributed by atoms with Gasteiger partial charge in [-0.3, -0.25) is 4.79 Å². The molecule has 0 aromatic heterocycles. The molecular weight excluding hydrogens is 280 g/mol. The van der Waals surface area contributed by atoms with Crippen LogP contribution >= 0.6 is 0 Å². The molecule has 4 heteroatoms. The number of hydrogen-bond donors (Lipinski definition) is 1. The first-order valence-electron chi connectivity index (χ1n) is 9.12. The van der Waals surface area contributed by atoms with Crippen LogP contribution < -0.4 is 0 Å². The highest BCUT2D eigenvalue weighted by molar-refractivity contribution is 5.69. The van der Waals surface area contributed by atoms with E-state index < -0.39 is 6.10 Å². The maximum absolute atomic E-state index is 11.4. The molecule has 0 bridgehead atoms. The molecule has 1 rings (SSSR count). The average Bonchev–Trinajstić information content (AvgIpc) is 3.22. The van der Waals surface area contributed by atoms with Gasteiger partial charge in [0.25, 0.3) is 0 Å². The first-order chi connectivity index (χ1) is 10.6. The molecule has 0 aromatic rings. The zero-order chi connectivity index (χ0) is 16.2. The minimum absolute atomic E-state index is 0.0969. The second-order valence-corrected chi connectivity index (χ2v) is 6.55. The summed E-state index contributed by atoms with van der Waals surface area (Å²) in [5.74, 6) is -0.217. The summed E-state index contributed by atoms with van der Waals surface area (Å²) in [7, 11) is 0. The normalized spacial score (nSPS) is 21.6. The van der Waals surface area contributed by atoms with Gasteiger partial charge in [0.15, 0.2) is 0 Å². The van der Waals surface area contributed by atoms with Crippen LogP contribution in [0.25, 0.3) is 0 Å².